The van der Waals surface area contributed by atoms with Crippen LogP contribution in [0.15, 0.2) is 24.3 Å². The SMILES string of the molecule is Cc1cccc(N(C)C(=O)CCC(CCN)C(C)C)c1. The maximum absolute atomic E-state index is 12.3. The van der Waals surface area contributed by atoms with E-state index in [1.54, 1.807) is 4.90 Å². The van der Waals surface area contributed by atoms with Crippen LogP contribution < -0.4 is 10.6 Å². The first-order valence-electron chi connectivity index (χ1n) is 7.49. The third-order valence-corrected chi connectivity index (χ3v) is 3.97. The van der Waals surface area contributed by atoms with Gasteiger partial charge in [-0.2, -0.15) is 0 Å². The zero-order valence-electron chi connectivity index (χ0n) is 13.2. The molecular formula is C17H28N2O. The van der Waals surface area contributed by atoms with Gasteiger partial charge >= 0.3 is 0 Å². The fourth-order valence-corrected chi connectivity index (χ4v) is 2.48. The van der Waals surface area contributed by atoms with Crippen LogP contribution in [-0.2, 0) is 4.79 Å². The zero-order valence-corrected chi connectivity index (χ0v) is 13.2. The van der Waals surface area contributed by atoms with Gasteiger partial charge in [-0.3, -0.25) is 4.79 Å². The molecule has 0 spiro atoms. The molecule has 1 amide bonds. The van der Waals surface area contributed by atoms with Crippen molar-refractivity contribution in [1.82, 2.24) is 0 Å². The van der Waals surface area contributed by atoms with E-state index in [4.69, 9.17) is 5.73 Å². The van der Waals surface area contributed by atoms with E-state index >= 15 is 0 Å². The maximum atomic E-state index is 12.3. The number of benzene rings is 1. The second-order valence-electron chi connectivity index (χ2n) is 5.91. The molecule has 1 rings (SSSR count). The van der Waals surface area contributed by atoms with Gasteiger partial charge in [0, 0.05) is 19.2 Å². The molecule has 1 unspecified atom stereocenters. The van der Waals surface area contributed by atoms with Crippen LogP contribution in [0.5, 0.6) is 0 Å². The first-order valence-corrected chi connectivity index (χ1v) is 7.49. The molecule has 2 N–H and O–H groups in total. The summed E-state index contributed by atoms with van der Waals surface area (Å²) >= 11 is 0. The van der Waals surface area contributed by atoms with Crippen molar-refractivity contribution < 1.29 is 4.79 Å². The number of hydrogen-bond acceptors (Lipinski definition) is 2. The van der Waals surface area contributed by atoms with E-state index in [1.165, 1.54) is 5.56 Å². The van der Waals surface area contributed by atoms with Crippen LogP contribution >= 0.6 is 0 Å². The topological polar surface area (TPSA) is 46.3 Å². The number of nitrogens with zero attached hydrogens (tertiary/aromatic N) is 1. The van der Waals surface area contributed by atoms with Gasteiger partial charge in [-0.05, 0) is 55.8 Å². The molecule has 0 aromatic heterocycles. The predicted octanol–water partition coefficient (Wildman–Crippen LogP) is 3.36. The van der Waals surface area contributed by atoms with Crippen molar-refractivity contribution in [3.05, 3.63) is 29.8 Å². The fourth-order valence-electron chi connectivity index (χ4n) is 2.48. The lowest BCUT2D eigenvalue weighted by Crippen LogP contribution is -2.27. The van der Waals surface area contributed by atoms with Crippen LogP contribution in [0, 0.1) is 18.8 Å². The molecule has 0 saturated carbocycles. The summed E-state index contributed by atoms with van der Waals surface area (Å²) in [6.07, 6.45) is 2.51. The van der Waals surface area contributed by atoms with Gasteiger partial charge in [0.2, 0.25) is 5.91 Å². The van der Waals surface area contributed by atoms with E-state index < -0.39 is 0 Å². The third-order valence-electron chi connectivity index (χ3n) is 3.97. The van der Waals surface area contributed by atoms with Gasteiger partial charge in [0.15, 0.2) is 0 Å². The van der Waals surface area contributed by atoms with E-state index in [9.17, 15) is 4.79 Å². The number of hydrogen-bond donors (Lipinski definition) is 1. The van der Waals surface area contributed by atoms with Gasteiger partial charge in [0.1, 0.15) is 0 Å². The maximum Gasteiger partial charge on any atom is 0.226 e. The molecular weight excluding hydrogens is 248 g/mol. The Labute approximate surface area is 123 Å². The third kappa shape index (κ3) is 4.97. The van der Waals surface area contributed by atoms with Gasteiger partial charge in [-0.1, -0.05) is 26.0 Å². The first-order chi connectivity index (χ1) is 9.45. The number of carbonyl (C=O) groups excluding carboxylic acids is 1. The summed E-state index contributed by atoms with van der Waals surface area (Å²) in [4.78, 5) is 14.0. The number of nitrogens with two attached hydrogens (primary N) is 1. The van der Waals surface area contributed by atoms with Gasteiger partial charge in [-0.15, -0.1) is 0 Å². The van der Waals surface area contributed by atoms with E-state index in [0.717, 1.165) is 18.5 Å². The fraction of sp³-hybridized carbons (Fsp3) is 0.588. The van der Waals surface area contributed by atoms with Crippen LogP contribution in [0.4, 0.5) is 5.69 Å². The molecule has 0 saturated heterocycles. The van der Waals surface area contributed by atoms with Crippen LogP contribution in [0.2, 0.25) is 0 Å². The number of rotatable bonds is 7. The van der Waals surface area contributed by atoms with E-state index in [-0.39, 0.29) is 5.91 Å². The Kier molecular flexibility index (Phi) is 6.73. The Morgan fingerprint density at radius 3 is 2.55 bits per heavy atom. The summed E-state index contributed by atoms with van der Waals surface area (Å²) in [6, 6.07) is 8.04. The normalized spacial score (nSPS) is 12.5. The molecule has 3 heteroatoms. The number of carbonyl (C=O) groups is 1. The highest BCUT2D eigenvalue weighted by Gasteiger charge is 2.17. The van der Waals surface area contributed by atoms with Crippen molar-refractivity contribution in [2.45, 2.75) is 40.0 Å². The van der Waals surface area contributed by atoms with Crippen LogP contribution in [0.1, 0.15) is 38.7 Å². The minimum absolute atomic E-state index is 0.179. The molecule has 0 fully saturated rings. The highest BCUT2D eigenvalue weighted by molar-refractivity contribution is 5.92. The average molecular weight is 276 g/mol. The van der Waals surface area contributed by atoms with Gasteiger partial charge < -0.3 is 10.6 Å². The van der Waals surface area contributed by atoms with E-state index in [2.05, 4.69) is 13.8 Å². The molecule has 0 heterocycles. The smallest absolute Gasteiger partial charge is 0.226 e. The summed E-state index contributed by atoms with van der Waals surface area (Å²) in [7, 11) is 1.85. The standard InChI is InChI=1S/C17H28N2O/c1-13(2)15(10-11-18)8-9-17(20)19(4)16-7-5-6-14(3)12-16/h5-7,12-13,15H,8-11,18H2,1-4H3. The van der Waals surface area contributed by atoms with Crippen molar-refractivity contribution in [3.63, 3.8) is 0 Å². The van der Waals surface area contributed by atoms with Crippen molar-refractivity contribution >= 4 is 11.6 Å². The second-order valence-corrected chi connectivity index (χ2v) is 5.91. The summed E-state index contributed by atoms with van der Waals surface area (Å²) in [5, 5.41) is 0. The van der Waals surface area contributed by atoms with Crippen molar-refractivity contribution in [2.75, 3.05) is 18.5 Å². The van der Waals surface area contributed by atoms with Gasteiger partial charge in [0.05, 0.1) is 0 Å². The Morgan fingerprint density at radius 1 is 1.30 bits per heavy atom. The summed E-state index contributed by atoms with van der Waals surface area (Å²) in [5.74, 6) is 1.30. The van der Waals surface area contributed by atoms with Crippen LogP contribution in [0.3, 0.4) is 0 Å². The largest absolute Gasteiger partial charge is 0.330 e. The molecule has 1 atom stereocenters. The average Bonchev–Trinajstić information content (AvgIpc) is 2.41. The molecule has 0 aliphatic heterocycles. The lowest BCUT2D eigenvalue weighted by atomic mass is 9.88. The minimum atomic E-state index is 0.179. The summed E-state index contributed by atoms with van der Waals surface area (Å²) < 4.78 is 0. The quantitative estimate of drug-likeness (QED) is 0.830. The van der Waals surface area contributed by atoms with Gasteiger partial charge in [-0.25, -0.2) is 0 Å². The molecule has 1 aromatic rings. The Morgan fingerprint density at radius 2 is 2.00 bits per heavy atom. The second kappa shape index (κ2) is 8.05. The highest BCUT2D eigenvalue weighted by Crippen LogP contribution is 2.22. The molecule has 0 aliphatic carbocycles. The number of amides is 1. The number of aryl methyl sites for hydroxylation is 1. The molecule has 0 radical (unpaired) electrons. The molecule has 0 bridgehead atoms. The van der Waals surface area contributed by atoms with Gasteiger partial charge in [0.25, 0.3) is 0 Å². The lowest BCUT2D eigenvalue weighted by Gasteiger charge is -2.22. The predicted molar refractivity (Wildman–Crippen MR) is 85.8 cm³/mol. The highest BCUT2D eigenvalue weighted by atomic mass is 16.2. The Hall–Kier alpha value is -1.35. The van der Waals surface area contributed by atoms with E-state index in [1.807, 2.05) is 38.2 Å². The lowest BCUT2D eigenvalue weighted by molar-refractivity contribution is -0.118. The Balaban J connectivity index is 2.57. The molecule has 3 nitrogen and oxygen atoms in total. The van der Waals surface area contributed by atoms with Crippen molar-refractivity contribution in [2.24, 2.45) is 17.6 Å². The van der Waals surface area contributed by atoms with Crippen molar-refractivity contribution in [1.29, 1.82) is 0 Å². The molecule has 1 aromatic carbocycles. The van der Waals surface area contributed by atoms with Crippen LogP contribution in [0.25, 0.3) is 0 Å². The molecule has 20 heavy (non-hydrogen) atoms. The number of anilines is 1. The summed E-state index contributed by atoms with van der Waals surface area (Å²) in [5.41, 5.74) is 7.78. The zero-order chi connectivity index (χ0) is 15.1. The Bertz CT molecular complexity index is 429. The van der Waals surface area contributed by atoms with Crippen molar-refractivity contribution in [3.8, 4) is 0 Å². The molecule has 112 valence electrons. The van der Waals surface area contributed by atoms with Crippen LogP contribution in [-0.4, -0.2) is 19.5 Å². The first kappa shape index (κ1) is 16.7. The van der Waals surface area contributed by atoms with E-state index in [0.29, 0.717) is 24.8 Å². The monoisotopic (exact) mass is 276 g/mol. The minimum Gasteiger partial charge on any atom is -0.330 e. The summed E-state index contributed by atoms with van der Waals surface area (Å²) in [6.45, 7) is 7.15. The molecule has 0 aliphatic rings.